The highest BCUT2D eigenvalue weighted by Gasteiger charge is 2.19. The minimum Gasteiger partial charge on any atom is -0.456 e. The lowest BCUT2D eigenvalue weighted by Gasteiger charge is -2.14. The molecule has 0 atom stereocenters. The van der Waals surface area contributed by atoms with E-state index in [4.69, 9.17) is 4.42 Å². The first-order valence-electron chi connectivity index (χ1n) is 15.7. The van der Waals surface area contributed by atoms with Gasteiger partial charge in [0.05, 0.1) is 21.9 Å². The Morgan fingerprint density at radius 2 is 1.22 bits per heavy atom. The Kier molecular flexibility index (Phi) is 5.87. The van der Waals surface area contributed by atoms with Crippen LogP contribution in [0.25, 0.3) is 77.7 Å². The van der Waals surface area contributed by atoms with E-state index in [-0.39, 0.29) is 0 Å². The molecule has 9 aromatic rings. The second-order valence-corrected chi connectivity index (χ2v) is 11.8. The van der Waals surface area contributed by atoms with Gasteiger partial charge >= 0.3 is 0 Å². The maximum absolute atomic E-state index is 6.21. The van der Waals surface area contributed by atoms with E-state index in [2.05, 4.69) is 156 Å². The van der Waals surface area contributed by atoms with Crippen molar-refractivity contribution >= 4 is 66.3 Å². The van der Waals surface area contributed by atoms with E-state index in [1.165, 1.54) is 43.8 Å². The summed E-state index contributed by atoms with van der Waals surface area (Å²) in [6.45, 7) is 6.37. The van der Waals surface area contributed by atoms with E-state index < -0.39 is 0 Å². The molecule has 218 valence electrons. The van der Waals surface area contributed by atoms with Crippen molar-refractivity contribution < 1.29 is 4.42 Å². The van der Waals surface area contributed by atoms with Crippen LogP contribution in [-0.2, 0) is 0 Å². The number of allylic oxidation sites excluding steroid dienone is 1. The minimum atomic E-state index is 0.894. The number of rotatable bonds is 4. The van der Waals surface area contributed by atoms with E-state index in [9.17, 15) is 0 Å². The number of benzene rings is 6. The number of hydrogen-bond donors (Lipinski definition) is 0. The first-order valence-corrected chi connectivity index (χ1v) is 15.7. The molecule has 0 saturated carbocycles. The number of para-hydroxylation sites is 5. The Labute approximate surface area is 265 Å². The summed E-state index contributed by atoms with van der Waals surface area (Å²) in [6.07, 6.45) is 4.05. The van der Waals surface area contributed by atoms with Crippen molar-refractivity contribution in [2.45, 2.75) is 6.92 Å². The average Bonchev–Trinajstić information content (AvgIpc) is 3.76. The number of furan rings is 1. The van der Waals surface area contributed by atoms with Gasteiger partial charge in [0.2, 0.25) is 0 Å². The van der Waals surface area contributed by atoms with Crippen molar-refractivity contribution in [2.24, 2.45) is 0 Å². The second kappa shape index (κ2) is 10.3. The minimum absolute atomic E-state index is 0.894. The average molecular weight is 591 g/mol. The van der Waals surface area contributed by atoms with Crippen molar-refractivity contribution in [1.29, 1.82) is 0 Å². The van der Waals surface area contributed by atoms with Gasteiger partial charge in [0, 0.05) is 49.1 Å². The largest absolute Gasteiger partial charge is 0.456 e. The monoisotopic (exact) mass is 590 g/mol. The van der Waals surface area contributed by atoms with E-state index in [0.717, 1.165) is 43.9 Å². The molecule has 0 amide bonds. The highest BCUT2D eigenvalue weighted by molar-refractivity contribution is 6.13. The van der Waals surface area contributed by atoms with Crippen molar-refractivity contribution in [3.63, 3.8) is 0 Å². The Hall–Kier alpha value is -6.06. The van der Waals surface area contributed by atoms with Crippen LogP contribution in [0.1, 0.15) is 12.5 Å². The van der Waals surface area contributed by atoms with Gasteiger partial charge in [0.15, 0.2) is 0 Å². The molecule has 46 heavy (non-hydrogen) atoms. The lowest BCUT2D eigenvalue weighted by Crippen LogP contribution is -2.31. The molecule has 3 heteroatoms. The van der Waals surface area contributed by atoms with Crippen molar-refractivity contribution in [3.05, 3.63) is 168 Å². The highest BCUT2D eigenvalue weighted by Crippen LogP contribution is 2.38. The van der Waals surface area contributed by atoms with E-state index >= 15 is 0 Å². The normalized spacial score (nSPS) is 13.0. The molecule has 6 aromatic carbocycles. The highest BCUT2D eigenvalue weighted by atomic mass is 16.3. The molecule has 0 N–H and O–H groups in total. The van der Waals surface area contributed by atoms with Gasteiger partial charge in [0.1, 0.15) is 11.2 Å². The molecule has 3 aromatic heterocycles. The molecule has 0 aliphatic carbocycles. The zero-order chi connectivity index (χ0) is 30.8. The second-order valence-electron chi connectivity index (χ2n) is 11.8. The fraction of sp³-hybridized carbons (Fsp3) is 0.0233. The number of fused-ring (bicyclic) bond motifs is 7. The van der Waals surface area contributed by atoms with Crippen LogP contribution in [0.5, 0.6) is 0 Å². The zero-order valence-corrected chi connectivity index (χ0v) is 25.4. The van der Waals surface area contributed by atoms with Crippen molar-refractivity contribution in [3.8, 4) is 11.4 Å². The van der Waals surface area contributed by atoms with Gasteiger partial charge < -0.3 is 13.6 Å². The third-order valence-electron chi connectivity index (χ3n) is 9.29. The van der Waals surface area contributed by atoms with Gasteiger partial charge in [-0.1, -0.05) is 110 Å². The predicted octanol–water partition coefficient (Wildman–Crippen LogP) is 9.81. The first-order chi connectivity index (χ1) is 22.7. The molecule has 0 bridgehead atoms. The third kappa shape index (κ3) is 3.79. The molecular weight excluding hydrogens is 560 g/mol. The Balaban J connectivity index is 1.46. The van der Waals surface area contributed by atoms with Gasteiger partial charge in [0.25, 0.3) is 0 Å². The van der Waals surface area contributed by atoms with Gasteiger partial charge in [-0.3, -0.25) is 0 Å². The summed E-state index contributed by atoms with van der Waals surface area (Å²) in [5, 5.41) is 8.22. The number of hydrogen-bond acceptors (Lipinski definition) is 1. The lowest BCUT2D eigenvalue weighted by atomic mass is 10.0. The third-order valence-corrected chi connectivity index (χ3v) is 9.29. The van der Waals surface area contributed by atoms with E-state index in [1.807, 2.05) is 18.2 Å². The number of nitrogens with zero attached hydrogens (tertiary/aromatic N) is 2. The maximum atomic E-state index is 6.21. The van der Waals surface area contributed by atoms with E-state index in [1.54, 1.807) is 0 Å². The van der Waals surface area contributed by atoms with Crippen LogP contribution >= 0.6 is 0 Å². The molecule has 3 nitrogen and oxygen atoms in total. The smallest absolute Gasteiger partial charge is 0.135 e. The van der Waals surface area contributed by atoms with Gasteiger partial charge in [-0.05, 0) is 61.0 Å². The van der Waals surface area contributed by atoms with Crippen LogP contribution in [0, 0.1) is 0 Å². The van der Waals surface area contributed by atoms with Crippen LogP contribution in [0.2, 0.25) is 0 Å². The summed E-state index contributed by atoms with van der Waals surface area (Å²) in [4.78, 5) is 0. The van der Waals surface area contributed by atoms with Crippen LogP contribution in [0.15, 0.2) is 157 Å². The molecule has 0 aliphatic heterocycles. The summed E-state index contributed by atoms with van der Waals surface area (Å²) < 4.78 is 11.0. The zero-order valence-electron chi connectivity index (χ0n) is 25.4. The molecular formula is C43H30N2O. The Morgan fingerprint density at radius 3 is 2.02 bits per heavy atom. The standard InChI is InChI=1S/C43H30N2O/c1-3-14-35-32-17-7-10-22-38(32)44(29-15-5-4-6-16-29)42(35)28(2)31-20-13-21-36-33-18-8-11-23-39(33)45(43(31)36)30-25-26-41-37(27-30)34-19-9-12-24-40(34)46-41/h3-27H,1H2,2H3/b35-14-,42-28-. The SMILES string of the molecule is C=C/C=c1\c(=C(/C)c2cccc3c4ccccc4n(-c4ccc5oc6ccccc6c5c4)c23)n(-c2ccccc2)c2ccccc12. The molecule has 0 saturated heterocycles. The molecule has 0 radical (unpaired) electrons. The van der Waals surface area contributed by atoms with Crippen LogP contribution in [0.3, 0.4) is 0 Å². The Morgan fingerprint density at radius 1 is 0.565 bits per heavy atom. The lowest BCUT2D eigenvalue weighted by molar-refractivity contribution is 0.669. The fourth-order valence-electron chi connectivity index (χ4n) is 7.34. The molecule has 3 heterocycles. The van der Waals surface area contributed by atoms with Gasteiger partial charge in [-0.2, -0.15) is 0 Å². The number of aromatic nitrogens is 2. The van der Waals surface area contributed by atoms with Gasteiger partial charge in [-0.25, -0.2) is 0 Å². The summed E-state index contributed by atoms with van der Waals surface area (Å²) in [5.74, 6) is 0. The first kappa shape index (κ1) is 26.4. The summed E-state index contributed by atoms with van der Waals surface area (Å²) in [5.41, 5.74) is 9.93. The molecule has 0 aliphatic rings. The molecule has 9 rings (SSSR count). The molecule has 0 unspecified atom stereocenters. The maximum Gasteiger partial charge on any atom is 0.135 e. The van der Waals surface area contributed by atoms with Crippen LogP contribution in [0.4, 0.5) is 0 Å². The van der Waals surface area contributed by atoms with Crippen LogP contribution in [-0.4, -0.2) is 9.13 Å². The van der Waals surface area contributed by atoms with Crippen molar-refractivity contribution in [2.75, 3.05) is 0 Å². The van der Waals surface area contributed by atoms with Gasteiger partial charge in [-0.15, -0.1) is 0 Å². The van der Waals surface area contributed by atoms with Crippen LogP contribution < -0.4 is 10.6 Å². The molecule has 0 fully saturated rings. The summed E-state index contributed by atoms with van der Waals surface area (Å²) in [7, 11) is 0. The summed E-state index contributed by atoms with van der Waals surface area (Å²) in [6, 6.07) is 49.6. The predicted molar refractivity (Wildman–Crippen MR) is 193 cm³/mol. The topological polar surface area (TPSA) is 23.0 Å². The van der Waals surface area contributed by atoms with Crippen molar-refractivity contribution in [1.82, 2.24) is 9.13 Å². The Bertz CT molecular complexity index is 2770. The van der Waals surface area contributed by atoms with E-state index in [0.29, 0.717) is 0 Å². The fourth-order valence-corrected chi connectivity index (χ4v) is 7.34. The quantitative estimate of drug-likeness (QED) is 0.200. The molecule has 0 spiro atoms. The summed E-state index contributed by atoms with van der Waals surface area (Å²) >= 11 is 0.